The van der Waals surface area contributed by atoms with Gasteiger partial charge in [0.1, 0.15) is 11.8 Å². The summed E-state index contributed by atoms with van der Waals surface area (Å²) in [5.41, 5.74) is 2.56. The standard InChI is InChI=1S/C13H11NO2S/c15-8-9-4-3-7-12(9)17-13-14-10-5-1-2-6-11(10)16-13/h1-2,5-6,8H,3-4,7H2. The van der Waals surface area contributed by atoms with Gasteiger partial charge in [0, 0.05) is 10.5 Å². The van der Waals surface area contributed by atoms with Crippen LogP contribution in [0.3, 0.4) is 0 Å². The molecule has 1 aliphatic rings. The van der Waals surface area contributed by atoms with E-state index < -0.39 is 0 Å². The van der Waals surface area contributed by atoms with Crippen LogP contribution in [0, 0.1) is 0 Å². The van der Waals surface area contributed by atoms with Crippen LogP contribution in [0.5, 0.6) is 0 Å². The Kier molecular flexibility index (Phi) is 2.73. The molecule has 2 aromatic rings. The second-order valence-corrected chi connectivity index (χ2v) is 5.02. The number of fused-ring (bicyclic) bond motifs is 1. The van der Waals surface area contributed by atoms with Crippen molar-refractivity contribution in [3.05, 3.63) is 34.7 Å². The molecule has 0 fully saturated rings. The predicted molar refractivity (Wildman–Crippen MR) is 66.8 cm³/mol. The Balaban J connectivity index is 1.92. The highest BCUT2D eigenvalue weighted by Gasteiger charge is 2.17. The SMILES string of the molecule is O=CC1=C(Sc2nc3ccccc3o2)CCC1. The van der Waals surface area contributed by atoms with Crippen LogP contribution in [0.1, 0.15) is 19.3 Å². The number of hydrogen-bond acceptors (Lipinski definition) is 4. The van der Waals surface area contributed by atoms with Crippen molar-refractivity contribution in [1.29, 1.82) is 0 Å². The highest BCUT2D eigenvalue weighted by molar-refractivity contribution is 8.02. The van der Waals surface area contributed by atoms with E-state index in [9.17, 15) is 4.79 Å². The zero-order valence-electron chi connectivity index (χ0n) is 9.18. The molecule has 0 amide bonds. The second-order valence-electron chi connectivity index (χ2n) is 3.97. The number of thioether (sulfide) groups is 1. The molecule has 4 heteroatoms. The quantitative estimate of drug-likeness (QED) is 0.775. The molecular weight excluding hydrogens is 234 g/mol. The van der Waals surface area contributed by atoms with Gasteiger partial charge in [-0.15, -0.1) is 0 Å². The van der Waals surface area contributed by atoms with Crippen LogP contribution in [-0.4, -0.2) is 11.3 Å². The fourth-order valence-corrected chi connectivity index (χ4v) is 2.99. The lowest BCUT2D eigenvalue weighted by molar-refractivity contribution is -0.105. The van der Waals surface area contributed by atoms with Crippen molar-refractivity contribution in [2.24, 2.45) is 0 Å². The third-order valence-electron chi connectivity index (χ3n) is 2.84. The molecule has 86 valence electrons. The maximum Gasteiger partial charge on any atom is 0.261 e. The Morgan fingerprint density at radius 3 is 3.00 bits per heavy atom. The van der Waals surface area contributed by atoms with Crippen LogP contribution in [-0.2, 0) is 4.79 Å². The van der Waals surface area contributed by atoms with Crippen molar-refractivity contribution in [2.75, 3.05) is 0 Å². The molecule has 0 saturated carbocycles. The Morgan fingerprint density at radius 1 is 1.29 bits per heavy atom. The van der Waals surface area contributed by atoms with E-state index in [0.29, 0.717) is 5.22 Å². The first-order valence-corrected chi connectivity index (χ1v) is 6.39. The van der Waals surface area contributed by atoms with E-state index in [2.05, 4.69) is 4.98 Å². The van der Waals surface area contributed by atoms with Gasteiger partial charge in [-0.1, -0.05) is 12.1 Å². The first-order chi connectivity index (χ1) is 8.36. The van der Waals surface area contributed by atoms with Crippen LogP contribution < -0.4 is 0 Å². The Morgan fingerprint density at radius 2 is 2.18 bits per heavy atom. The van der Waals surface area contributed by atoms with Crippen molar-refractivity contribution in [3.63, 3.8) is 0 Å². The maximum atomic E-state index is 10.9. The molecule has 17 heavy (non-hydrogen) atoms. The number of hydrogen-bond donors (Lipinski definition) is 0. The minimum atomic E-state index is 0.627. The Bertz CT molecular complexity index is 567. The minimum absolute atomic E-state index is 0.627. The van der Waals surface area contributed by atoms with Crippen molar-refractivity contribution < 1.29 is 9.21 Å². The second kappa shape index (κ2) is 4.37. The lowest BCUT2D eigenvalue weighted by atomic mass is 10.3. The van der Waals surface area contributed by atoms with Gasteiger partial charge in [0.15, 0.2) is 5.58 Å². The normalized spacial score (nSPS) is 15.8. The summed E-state index contributed by atoms with van der Waals surface area (Å²) in [6, 6.07) is 7.68. The maximum absolute atomic E-state index is 10.9. The number of aromatic nitrogens is 1. The molecule has 0 spiro atoms. The molecule has 0 aliphatic heterocycles. The van der Waals surface area contributed by atoms with Gasteiger partial charge < -0.3 is 4.42 Å². The number of allylic oxidation sites excluding steroid dienone is 2. The Labute approximate surface area is 103 Å². The van der Waals surface area contributed by atoms with E-state index in [-0.39, 0.29) is 0 Å². The van der Waals surface area contributed by atoms with Gasteiger partial charge in [0.25, 0.3) is 5.22 Å². The molecule has 0 saturated heterocycles. The van der Waals surface area contributed by atoms with Crippen molar-refractivity contribution in [1.82, 2.24) is 4.98 Å². The lowest BCUT2D eigenvalue weighted by Gasteiger charge is -1.97. The van der Waals surface area contributed by atoms with E-state index in [0.717, 1.165) is 47.1 Å². The van der Waals surface area contributed by atoms with Gasteiger partial charge in [0.2, 0.25) is 0 Å². The van der Waals surface area contributed by atoms with Crippen molar-refractivity contribution in [3.8, 4) is 0 Å². The van der Waals surface area contributed by atoms with E-state index in [1.807, 2.05) is 24.3 Å². The minimum Gasteiger partial charge on any atom is -0.431 e. The molecule has 0 unspecified atom stereocenters. The summed E-state index contributed by atoms with van der Waals surface area (Å²) in [7, 11) is 0. The molecule has 1 aromatic carbocycles. The molecule has 0 N–H and O–H groups in total. The molecule has 0 radical (unpaired) electrons. The largest absolute Gasteiger partial charge is 0.431 e. The first-order valence-electron chi connectivity index (χ1n) is 5.57. The summed E-state index contributed by atoms with van der Waals surface area (Å²) in [6.45, 7) is 0. The topological polar surface area (TPSA) is 43.1 Å². The summed E-state index contributed by atoms with van der Waals surface area (Å²) < 4.78 is 5.62. The van der Waals surface area contributed by atoms with Crippen LogP contribution in [0.4, 0.5) is 0 Å². The van der Waals surface area contributed by atoms with Crippen molar-refractivity contribution >= 4 is 29.1 Å². The highest BCUT2D eigenvalue weighted by Crippen LogP contribution is 2.38. The van der Waals surface area contributed by atoms with Gasteiger partial charge in [0.05, 0.1) is 0 Å². The average Bonchev–Trinajstić information content (AvgIpc) is 2.94. The van der Waals surface area contributed by atoms with E-state index in [4.69, 9.17) is 4.42 Å². The number of nitrogens with zero attached hydrogens (tertiary/aromatic N) is 1. The number of rotatable bonds is 3. The van der Waals surface area contributed by atoms with Crippen LogP contribution in [0.2, 0.25) is 0 Å². The van der Waals surface area contributed by atoms with E-state index in [1.165, 1.54) is 11.8 Å². The third kappa shape index (κ3) is 2.00. The molecule has 3 nitrogen and oxygen atoms in total. The smallest absolute Gasteiger partial charge is 0.261 e. The van der Waals surface area contributed by atoms with Crippen molar-refractivity contribution in [2.45, 2.75) is 24.5 Å². The third-order valence-corrected chi connectivity index (χ3v) is 3.90. The molecule has 0 bridgehead atoms. The van der Waals surface area contributed by atoms with Gasteiger partial charge >= 0.3 is 0 Å². The number of para-hydroxylation sites is 2. The fraction of sp³-hybridized carbons (Fsp3) is 0.231. The molecule has 1 heterocycles. The number of benzene rings is 1. The molecular formula is C13H11NO2S. The highest BCUT2D eigenvalue weighted by atomic mass is 32.2. The predicted octanol–water partition coefficient (Wildman–Crippen LogP) is 3.56. The van der Waals surface area contributed by atoms with Gasteiger partial charge in [-0.25, -0.2) is 4.98 Å². The summed E-state index contributed by atoms with van der Waals surface area (Å²) in [4.78, 5) is 16.4. The number of aldehydes is 1. The fourth-order valence-electron chi connectivity index (χ4n) is 1.98. The zero-order valence-corrected chi connectivity index (χ0v) is 10.00. The van der Waals surface area contributed by atoms with E-state index >= 15 is 0 Å². The summed E-state index contributed by atoms with van der Waals surface area (Å²) in [5.74, 6) is 0. The van der Waals surface area contributed by atoms with Crippen LogP contribution in [0.25, 0.3) is 11.1 Å². The lowest BCUT2D eigenvalue weighted by Crippen LogP contribution is -1.81. The number of carbonyl (C=O) groups excluding carboxylic acids is 1. The summed E-state index contributed by atoms with van der Waals surface area (Å²) >= 11 is 1.48. The molecule has 0 atom stereocenters. The number of carbonyl (C=O) groups is 1. The van der Waals surface area contributed by atoms with Gasteiger partial charge in [-0.3, -0.25) is 4.79 Å². The zero-order chi connectivity index (χ0) is 11.7. The summed E-state index contributed by atoms with van der Waals surface area (Å²) in [5, 5.41) is 0.627. The molecule has 1 aromatic heterocycles. The summed E-state index contributed by atoms with van der Waals surface area (Å²) in [6.07, 6.45) is 3.85. The van der Waals surface area contributed by atoms with Crippen LogP contribution in [0.15, 0.2) is 44.4 Å². The van der Waals surface area contributed by atoms with E-state index in [1.54, 1.807) is 0 Å². The molecule has 1 aliphatic carbocycles. The van der Waals surface area contributed by atoms with Gasteiger partial charge in [-0.05, 0) is 43.2 Å². The number of oxazole rings is 1. The Hall–Kier alpha value is -1.55. The van der Waals surface area contributed by atoms with Gasteiger partial charge in [-0.2, -0.15) is 0 Å². The molecule has 3 rings (SSSR count). The first kappa shape index (κ1) is 10.6. The monoisotopic (exact) mass is 245 g/mol. The van der Waals surface area contributed by atoms with Crippen LogP contribution >= 0.6 is 11.8 Å². The average molecular weight is 245 g/mol.